The Morgan fingerprint density at radius 1 is 1.35 bits per heavy atom. The summed E-state index contributed by atoms with van der Waals surface area (Å²) in [5.41, 5.74) is 1.67. The average Bonchev–Trinajstić information content (AvgIpc) is 2.27. The smallest absolute Gasteiger partial charge is 0.150 e. The summed E-state index contributed by atoms with van der Waals surface area (Å²) in [6.07, 6.45) is 0.562. The summed E-state index contributed by atoms with van der Waals surface area (Å²) in [5, 5.41) is 3.11. The molecule has 1 aromatic rings. The van der Waals surface area contributed by atoms with Crippen LogP contribution in [0, 0.1) is 12.7 Å². The fourth-order valence-corrected chi connectivity index (χ4v) is 2.36. The lowest BCUT2D eigenvalue weighted by molar-refractivity contribution is 0.595. The van der Waals surface area contributed by atoms with Crippen LogP contribution in [0.1, 0.15) is 18.9 Å². The highest BCUT2D eigenvalue weighted by Gasteiger charge is 2.06. The first-order valence-electron chi connectivity index (χ1n) is 5.65. The summed E-state index contributed by atoms with van der Waals surface area (Å²) < 4.78 is 35.3. The zero-order valence-corrected chi connectivity index (χ0v) is 11.0. The molecule has 0 atom stereocenters. The molecular weight excluding hydrogens is 241 g/mol. The molecule has 1 aromatic carbocycles. The molecule has 0 saturated carbocycles. The largest absolute Gasteiger partial charge is 0.385 e. The molecule has 5 heteroatoms. The monoisotopic (exact) mass is 259 g/mol. The maximum Gasteiger partial charge on any atom is 0.150 e. The van der Waals surface area contributed by atoms with Gasteiger partial charge in [0, 0.05) is 18.0 Å². The Labute approximate surface area is 102 Å². The quantitative estimate of drug-likeness (QED) is 0.798. The van der Waals surface area contributed by atoms with Crippen molar-refractivity contribution in [1.29, 1.82) is 0 Å². The number of rotatable bonds is 6. The van der Waals surface area contributed by atoms with Crippen LogP contribution in [0.25, 0.3) is 0 Å². The first-order valence-corrected chi connectivity index (χ1v) is 7.47. The molecule has 0 amide bonds. The summed E-state index contributed by atoms with van der Waals surface area (Å²) in [6.45, 7) is 4.03. The number of aryl methyl sites for hydroxylation is 1. The number of nitrogens with one attached hydrogen (secondary N) is 1. The zero-order chi connectivity index (χ0) is 12.9. The van der Waals surface area contributed by atoms with Gasteiger partial charge in [-0.1, -0.05) is 6.92 Å². The number of halogens is 1. The Morgan fingerprint density at radius 2 is 2.06 bits per heavy atom. The summed E-state index contributed by atoms with van der Waals surface area (Å²) >= 11 is 0. The van der Waals surface area contributed by atoms with Gasteiger partial charge in [-0.3, -0.25) is 0 Å². The van der Waals surface area contributed by atoms with Crippen molar-refractivity contribution in [2.45, 2.75) is 20.3 Å². The third-order valence-corrected chi connectivity index (χ3v) is 4.37. The van der Waals surface area contributed by atoms with Gasteiger partial charge in [-0.25, -0.2) is 12.8 Å². The average molecular weight is 259 g/mol. The lowest BCUT2D eigenvalue weighted by Crippen LogP contribution is -2.13. The van der Waals surface area contributed by atoms with Crippen molar-refractivity contribution in [3.05, 3.63) is 29.6 Å². The summed E-state index contributed by atoms with van der Waals surface area (Å²) in [4.78, 5) is 0. The normalized spacial score (nSPS) is 11.5. The van der Waals surface area contributed by atoms with Gasteiger partial charge in [0.05, 0.1) is 5.75 Å². The Hall–Kier alpha value is -1.10. The van der Waals surface area contributed by atoms with Crippen LogP contribution in [0.4, 0.5) is 10.1 Å². The van der Waals surface area contributed by atoms with E-state index >= 15 is 0 Å². The van der Waals surface area contributed by atoms with Crippen molar-refractivity contribution in [2.24, 2.45) is 0 Å². The maximum atomic E-state index is 12.8. The number of hydrogen-bond donors (Lipinski definition) is 1. The van der Waals surface area contributed by atoms with Gasteiger partial charge >= 0.3 is 0 Å². The molecular formula is C12H18FNO2S. The van der Waals surface area contributed by atoms with Crippen molar-refractivity contribution >= 4 is 15.5 Å². The number of hydrogen-bond acceptors (Lipinski definition) is 3. The number of benzene rings is 1. The second kappa shape index (κ2) is 6.00. The second-order valence-corrected chi connectivity index (χ2v) is 6.45. The summed E-state index contributed by atoms with van der Waals surface area (Å²) in [6, 6.07) is 4.50. The van der Waals surface area contributed by atoms with Crippen LogP contribution in [0.15, 0.2) is 18.2 Å². The van der Waals surface area contributed by atoms with Crippen LogP contribution in [0.5, 0.6) is 0 Å². The lowest BCUT2D eigenvalue weighted by atomic mass is 10.2. The second-order valence-electron chi connectivity index (χ2n) is 3.98. The van der Waals surface area contributed by atoms with Crippen molar-refractivity contribution < 1.29 is 12.8 Å². The Kier molecular flexibility index (Phi) is 4.93. The van der Waals surface area contributed by atoms with E-state index in [4.69, 9.17) is 0 Å². The van der Waals surface area contributed by atoms with Crippen molar-refractivity contribution in [3.63, 3.8) is 0 Å². The minimum Gasteiger partial charge on any atom is -0.385 e. The molecule has 0 heterocycles. The fraction of sp³-hybridized carbons (Fsp3) is 0.500. The van der Waals surface area contributed by atoms with E-state index in [1.165, 1.54) is 12.1 Å². The van der Waals surface area contributed by atoms with Crippen LogP contribution in [0.2, 0.25) is 0 Å². The molecule has 0 aromatic heterocycles. The molecule has 0 radical (unpaired) electrons. The maximum absolute atomic E-state index is 12.8. The molecule has 0 aliphatic rings. The van der Waals surface area contributed by atoms with Crippen molar-refractivity contribution in [3.8, 4) is 0 Å². The van der Waals surface area contributed by atoms with E-state index in [-0.39, 0.29) is 17.3 Å². The van der Waals surface area contributed by atoms with Gasteiger partial charge in [0.25, 0.3) is 0 Å². The predicted molar refractivity (Wildman–Crippen MR) is 68.6 cm³/mol. The summed E-state index contributed by atoms with van der Waals surface area (Å²) in [7, 11) is -2.89. The van der Waals surface area contributed by atoms with E-state index in [0.29, 0.717) is 13.0 Å². The third kappa shape index (κ3) is 4.73. The molecule has 1 N–H and O–H groups in total. The fourth-order valence-electron chi connectivity index (χ4n) is 1.48. The molecule has 0 spiro atoms. The molecule has 0 fully saturated rings. The molecule has 3 nitrogen and oxygen atoms in total. The van der Waals surface area contributed by atoms with E-state index < -0.39 is 9.84 Å². The molecule has 0 saturated heterocycles. The number of sulfone groups is 1. The molecule has 0 aliphatic carbocycles. The summed E-state index contributed by atoms with van der Waals surface area (Å²) in [5.74, 6) is 0.112. The van der Waals surface area contributed by atoms with E-state index in [1.807, 2.05) is 6.92 Å². The third-order valence-electron chi connectivity index (χ3n) is 2.58. The van der Waals surface area contributed by atoms with Crippen LogP contribution in [0.3, 0.4) is 0 Å². The first kappa shape index (κ1) is 14.0. The molecule has 1 rings (SSSR count). The van der Waals surface area contributed by atoms with Gasteiger partial charge in [0.1, 0.15) is 15.7 Å². The highest BCUT2D eigenvalue weighted by molar-refractivity contribution is 7.91. The minimum absolute atomic E-state index is 0.183. The van der Waals surface area contributed by atoms with Gasteiger partial charge < -0.3 is 5.32 Å². The van der Waals surface area contributed by atoms with E-state index in [2.05, 4.69) is 5.32 Å². The Bertz CT molecular complexity index is 471. The van der Waals surface area contributed by atoms with Crippen LogP contribution < -0.4 is 5.32 Å². The number of anilines is 1. The Balaban J connectivity index is 2.41. The zero-order valence-electron chi connectivity index (χ0n) is 10.2. The van der Waals surface area contributed by atoms with Crippen molar-refractivity contribution in [2.75, 3.05) is 23.4 Å². The predicted octanol–water partition coefficient (Wildman–Crippen LogP) is 2.37. The van der Waals surface area contributed by atoms with Crippen LogP contribution in [-0.4, -0.2) is 26.5 Å². The highest BCUT2D eigenvalue weighted by Crippen LogP contribution is 2.15. The van der Waals surface area contributed by atoms with Crippen molar-refractivity contribution in [1.82, 2.24) is 0 Å². The molecule has 0 aliphatic heterocycles. The van der Waals surface area contributed by atoms with Crippen LogP contribution in [-0.2, 0) is 9.84 Å². The standard InChI is InChI=1S/C12H18FNO2S/c1-3-17(15,16)8-4-7-14-12-6-5-11(13)9-10(12)2/h5-6,9,14H,3-4,7-8H2,1-2H3. The topological polar surface area (TPSA) is 46.2 Å². The van der Waals surface area contributed by atoms with Gasteiger partial charge in [0.15, 0.2) is 0 Å². The van der Waals surface area contributed by atoms with Crippen LogP contribution >= 0.6 is 0 Å². The SMILES string of the molecule is CCS(=O)(=O)CCCNc1ccc(F)cc1C. The first-order chi connectivity index (χ1) is 7.94. The van der Waals surface area contributed by atoms with Gasteiger partial charge in [-0.15, -0.1) is 0 Å². The minimum atomic E-state index is -2.89. The van der Waals surface area contributed by atoms with E-state index in [9.17, 15) is 12.8 Å². The lowest BCUT2D eigenvalue weighted by Gasteiger charge is -2.09. The molecule has 17 heavy (non-hydrogen) atoms. The molecule has 96 valence electrons. The molecule has 0 bridgehead atoms. The van der Waals surface area contributed by atoms with Gasteiger partial charge in [0.2, 0.25) is 0 Å². The van der Waals surface area contributed by atoms with E-state index in [0.717, 1.165) is 11.3 Å². The van der Waals surface area contributed by atoms with Gasteiger partial charge in [-0.05, 0) is 37.1 Å². The Morgan fingerprint density at radius 3 is 2.65 bits per heavy atom. The highest BCUT2D eigenvalue weighted by atomic mass is 32.2. The van der Waals surface area contributed by atoms with E-state index in [1.54, 1.807) is 13.0 Å². The molecule has 0 unspecified atom stereocenters. The van der Waals surface area contributed by atoms with Gasteiger partial charge in [-0.2, -0.15) is 0 Å².